The Morgan fingerprint density at radius 3 is 2.90 bits per heavy atom. The highest BCUT2D eigenvalue weighted by Gasteiger charge is 2.11. The minimum absolute atomic E-state index is 0.0719. The molecule has 3 N–H and O–H groups in total. The molecule has 21 heavy (non-hydrogen) atoms. The van der Waals surface area contributed by atoms with E-state index in [9.17, 15) is 10.1 Å². The van der Waals surface area contributed by atoms with Gasteiger partial charge in [-0.2, -0.15) is 0 Å². The van der Waals surface area contributed by atoms with Crippen molar-refractivity contribution in [3.8, 4) is 5.75 Å². The predicted octanol–water partition coefficient (Wildman–Crippen LogP) is 2.62. The molecule has 8 heteroatoms. The van der Waals surface area contributed by atoms with Crippen LogP contribution in [0.15, 0.2) is 41.0 Å². The minimum Gasteiger partial charge on any atom is -0.489 e. The lowest BCUT2D eigenvalue weighted by atomic mass is 10.2. The number of rotatable bonds is 5. The number of amidine groups is 1. The molecule has 0 amide bonds. The molecule has 7 nitrogen and oxygen atoms in total. The quantitative estimate of drug-likeness (QED) is 0.372. The number of nitro benzene ring substituents is 1. The van der Waals surface area contributed by atoms with Gasteiger partial charge in [0.25, 0.3) is 5.69 Å². The molecule has 0 saturated heterocycles. The lowest BCUT2D eigenvalue weighted by Crippen LogP contribution is -2.16. The molecule has 1 aromatic carbocycles. The van der Waals surface area contributed by atoms with Crippen molar-refractivity contribution in [2.45, 2.75) is 6.61 Å². The first-order valence-electron chi connectivity index (χ1n) is 5.83. The van der Waals surface area contributed by atoms with Gasteiger partial charge in [-0.3, -0.25) is 20.5 Å². The van der Waals surface area contributed by atoms with Gasteiger partial charge in [0.2, 0.25) is 0 Å². The predicted molar refractivity (Wildman–Crippen MR) is 80.4 cm³/mol. The molecule has 0 radical (unpaired) electrons. The molecule has 2 aromatic rings. The van der Waals surface area contributed by atoms with Gasteiger partial charge in [-0.05, 0) is 12.1 Å². The Hall–Kier alpha value is -2.48. The zero-order chi connectivity index (χ0) is 15.4. The maximum atomic E-state index is 10.8. The van der Waals surface area contributed by atoms with E-state index in [2.05, 4.69) is 20.9 Å². The molecule has 0 bridgehead atoms. The molecule has 108 valence electrons. The fourth-order valence-corrected chi connectivity index (χ4v) is 2.16. The van der Waals surface area contributed by atoms with E-state index in [0.717, 1.165) is 0 Å². The van der Waals surface area contributed by atoms with Crippen LogP contribution in [0.25, 0.3) is 0 Å². The standard InChI is InChI=1S/C13H11BrN4O3/c14-9-4-10(18(19)20)6-11(5-9)21-7-8-2-1-3-17-12(8)13(15)16/h1-6H,7H2,(H3,15,16). The topological polar surface area (TPSA) is 115 Å². The number of nitrogens with zero attached hydrogens (tertiary/aromatic N) is 2. The number of nitro groups is 1. The summed E-state index contributed by atoms with van der Waals surface area (Å²) in [6.45, 7) is 0.108. The van der Waals surface area contributed by atoms with E-state index in [1.54, 1.807) is 18.2 Å². The average molecular weight is 351 g/mol. The molecule has 1 heterocycles. The number of hydrogen-bond donors (Lipinski definition) is 2. The van der Waals surface area contributed by atoms with Gasteiger partial charge in [0.1, 0.15) is 23.9 Å². The second-order valence-corrected chi connectivity index (χ2v) is 5.03. The van der Waals surface area contributed by atoms with Crippen LogP contribution in [0, 0.1) is 15.5 Å². The number of ether oxygens (including phenoxy) is 1. The second kappa shape index (κ2) is 6.31. The van der Waals surface area contributed by atoms with E-state index >= 15 is 0 Å². The SMILES string of the molecule is N=C(N)c1ncccc1COc1cc(Br)cc([N+](=O)[O-])c1. The van der Waals surface area contributed by atoms with E-state index in [4.69, 9.17) is 15.9 Å². The van der Waals surface area contributed by atoms with Crippen LogP contribution in [0.3, 0.4) is 0 Å². The number of benzene rings is 1. The van der Waals surface area contributed by atoms with E-state index in [-0.39, 0.29) is 18.1 Å². The first kappa shape index (κ1) is 14.9. The van der Waals surface area contributed by atoms with Gasteiger partial charge in [0, 0.05) is 22.3 Å². The zero-order valence-electron chi connectivity index (χ0n) is 10.7. The van der Waals surface area contributed by atoms with Crippen LogP contribution in [0.2, 0.25) is 0 Å². The van der Waals surface area contributed by atoms with Crippen molar-refractivity contribution in [1.82, 2.24) is 4.98 Å². The summed E-state index contributed by atoms with van der Waals surface area (Å²) in [4.78, 5) is 14.3. The third-order valence-corrected chi connectivity index (χ3v) is 3.07. The monoisotopic (exact) mass is 350 g/mol. The highest BCUT2D eigenvalue weighted by Crippen LogP contribution is 2.26. The van der Waals surface area contributed by atoms with Crippen LogP contribution in [-0.4, -0.2) is 15.7 Å². The summed E-state index contributed by atoms with van der Waals surface area (Å²) in [5.41, 5.74) is 6.34. The maximum Gasteiger partial charge on any atom is 0.274 e. The third kappa shape index (κ3) is 3.76. The van der Waals surface area contributed by atoms with Crippen molar-refractivity contribution in [3.63, 3.8) is 0 Å². The molecular weight excluding hydrogens is 340 g/mol. The first-order chi connectivity index (χ1) is 9.97. The minimum atomic E-state index is -0.497. The van der Waals surface area contributed by atoms with Crippen molar-refractivity contribution < 1.29 is 9.66 Å². The molecule has 0 aliphatic carbocycles. The van der Waals surface area contributed by atoms with Gasteiger partial charge in [0.05, 0.1) is 11.0 Å². The molecule has 0 saturated carbocycles. The highest BCUT2D eigenvalue weighted by atomic mass is 79.9. The molecule has 0 spiro atoms. The molecule has 0 aliphatic heterocycles. The zero-order valence-corrected chi connectivity index (χ0v) is 12.3. The van der Waals surface area contributed by atoms with Crippen LogP contribution in [0.5, 0.6) is 5.75 Å². The second-order valence-electron chi connectivity index (χ2n) is 4.12. The smallest absolute Gasteiger partial charge is 0.274 e. The maximum absolute atomic E-state index is 10.8. The summed E-state index contributed by atoms with van der Waals surface area (Å²) in [6.07, 6.45) is 1.53. The molecule has 1 aromatic heterocycles. The summed E-state index contributed by atoms with van der Waals surface area (Å²) in [6, 6.07) is 7.77. The molecular formula is C13H11BrN4O3. The number of halogens is 1. The van der Waals surface area contributed by atoms with Crippen molar-refractivity contribution >= 4 is 27.5 Å². The number of hydrogen-bond acceptors (Lipinski definition) is 5. The van der Waals surface area contributed by atoms with Crippen LogP contribution >= 0.6 is 15.9 Å². The van der Waals surface area contributed by atoms with Gasteiger partial charge in [-0.25, -0.2) is 0 Å². The summed E-state index contributed by atoms with van der Waals surface area (Å²) >= 11 is 3.19. The Morgan fingerprint density at radius 2 is 2.24 bits per heavy atom. The number of nitrogen functional groups attached to an aromatic ring is 1. The Balaban J connectivity index is 2.21. The summed E-state index contributed by atoms with van der Waals surface area (Å²) < 4.78 is 6.07. The van der Waals surface area contributed by atoms with E-state index in [1.807, 2.05) is 0 Å². The first-order valence-corrected chi connectivity index (χ1v) is 6.62. The number of pyridine rings is 1. The molecule has 0 fully saturated rings. The fraction of sp³-hybridized carbons (Fsp3) is 0.0769. The van der Waals surface area contributed by atoms with E-state index in [0.29, 0.717) is 21.5 Å². The van der Waals surface area contributed by atoms with Gasteiger partial charge < -0.3 is 10.5 Å². The Labute approximate surface area is 128 Å². The summed E-state index contributed by atoms with van der Waals surface area (Å²) in [5.74, 6) is 0.184. The number of nitrogens with one attached hydrogen (secondary N) is 1. The van der Waals surface area contributed by atoms with Gasteiger partial charge in [-0.1, -0.05) is 22.0 Å². The van der Waals surface area contributed by atoms with Crippen molar-refractivity contribution in [2.24, 2.45) is 5.73 Å². The number of nitrogens with two attached hydrogens (primary N) is 1. The lowest BCUT2D eigenvalue weighted by Gasteiger charge is -2.09. The van der Waals surface area contributed by atoms with Crippen LogP contribution in [0.4, 0.5) is 5.69 Å². The number of non-ortho nitro benzene ring substituents is 1. The summed E-state index contributed by atoms with van der Waals surface area (Å²) in [5, 5.41) is 18.2. The Morgan fingerprint density at radius 1 is 1.48 bits per heavy atom. The largest absolute Gasteiger partial charge is 0.489 e. The highest BCUT2D eigenvalue weighted by molar-refractivity contribution is 9.10. The van der Waals surface area contributed by atoms with Crippen LogP contribution in [-0.2, 0) is 6.61 Å². The summed E-state index contributed by atoms with van der Waals surface area (Å²) in [7, 11) is 0. The van der Waals surface area contributed by atoms with Crippen LogP contribution < -0.4 is 10.5 Å². The van der Waals surface area contributed by atoms with Gasteiger partial charge >= 0.3 is 0 Å². The Kier molecular flexibility index (Phi) is 4.49. The number of aromatic nitrogens is 1. The van der Waals surface area contributed by atoms with E-state index in [1.165, 1.54) is 18.3 Å². The Bertz CT molecular complexity index is 706. The molecule has 0 aliphatic rings. The lowest BCUT2D eigenvalue weighted by molar-refractivity contribution is -0.385. The van der Waals surface area contributed by atoms with Crippen LogP contribution in [0.1, 0.15) is 11.3 Å². The van der Waals surface area contributed by atoms with E-state index < -0.39 is 4.92 Å². The average Bonchev–Trinajstić information content (AvgIpc) is 2.44. The van der Waals surface area contributed by atoms with Gasteiger partial charge in [0.15, 0.2) is 0 Å². The fourth-order valence-electron chi connectivity index (χ4n) is 1.70. The van der Waals surface area contributed by atoms with Crippen molar-refractivity contribution in [3.05, 3.63) is 62.4 Å². The molecule has 0 atom stereocenters. The molecule has 0 unspecified atom stereocenters. The molecule has 2 rings (SSSR count). The van der Waals surface area contributed by atoms with Gasteiger partial charge in [-0.15, -0.1) is 0 Å². The van der Waals surface area contributed by atoms with Crippen molar-refractivity contribution in [2.75, 3.05) is 0 Å². The van der Waals surface area contributed by atoms with Crippen molar-refractivity contribution in [1.29, 1.82) is 5.41 Å². The normalized spacial score (nSPS) is 10.1. The third-order valence-electron chi connectivity index (χ3n) is 2.61.